The molecule has 1 aromatic rings. The molecule has 0 aromatic heterocycles. The molecule has 5 nitrogen and oxygen atoms in total. The van der Waals surface area contributed by atoms with Crippen LogP contribution in [0.2, 0.25) is 5.02 Å². The molecule has 1 aliphatic rings. The summed E-state index contributed by atoms with van der Waals surface area (Å²) in [5.74, 6) is -0.178. The van der Waals surface area contributed by atoms with Crippen molar-refractivity contribution in [3.05, 3.63) is 29.3 Å². The van der Waals surface area contributed by atoms with Crippen LogP contribution in [-0.4, -0.2) is 23.9 Å². The molecular weight excluding hydrogens is 302 g/mol. The number of amides is 2. The van der Waals surface area contributed by atoms with E-state index < -0.39 is 5.54 Å². The van der Waals surface area contributed by atoms with Gasteiger partial charge in [-0.2, -0.15) is 0 Å². The lowest BCUT2D eigenvalue weighted by atomic mass is 9.98. The molecule has 1 saturated carbocycles. The third kappa shape index (κ3) is 4.71. The molecule has 0 atom stereocenters. The van der Waals surface area contributed by atoms with Gasteiger partial charge in [-0.05, 0) is 43.5 Å². The first kappa shape index (κ1) is 16.8. The van der Waals surface area contributed by atoms with Crippen LogP contribution in [0.4, 0.5) is 5.69 Å². The van der Waals surface area contributed by atoms with E-state index in [1.807, 2.05) is 0 Å². The molecule has 4 N–H and O–H groups in total. The number of carbonyl (C=O) groups is 2. The molecule has 0 spiro atoms. The summed E-state index contributed by atoms with van der Waals surface area (Å²) in [4.78, 5) is 23.8. The topological polar surface area (TPSA) is 84.2 Å². The van der Waals surface area contributed by atoms with E-state index in [9.17, 15) is 9.59 Å². The highest BCUT2D eigenvalue weighted by Gasteiger charge is 2.36. The Bertz CT molecular complexity index is 525. The maximum atomic E-state index is 12.0. The molecule has 1 fully saturated rings. The number of benzene rings is 1. The Balaban J connectivity index is 1.65. The monoisotopic (exact) mass is 323 g/mol. The fourth-order valence-corrected chi connectivity index (χ4v) is 2.74. The van der Waals surface area contributed by atoms with Crippen LogP contribution in [0, 0.1) is 0 Å². The van der Waals surface area contributed by atoms with E-state index in [-0.39, 0.29) is 11.8 Å². The summed E-state index contributed by atoms with van der Waals surface area (Å²) in [6.07, 6.45) is 4.44. The van der Waals surface area contributed by atoms with Crippen molar-refractivity contribution in [2.75, 3.05) is 11.9 Å². The van der Waals surface area contributed by atoms with Gasteiger partial charge in [-0.15, -0.1) is 0 Å². The van der Waals surface area contributed by atoms with Gasteiger partial charge in [0.05, 0.1) is 5.54 Å². The second-order valence-corrected chi connectivity index (χ2v) is 6.21. The molecule has 1 aliphatic carbocycles. The molecule has 2 rings (SSSR count). The SMILES string of the molecule is NC1(C(=O)NCCCC(=O)Nc2ccc(Cl)cc2)CCCC1. The maximum absolute atomic E-state index is 12.0. The Morgan fingerprint density at radius 2 is 1.82 bits per heavy atom. The van der Waals surface area contributed by atoms with Crippen molar-refractivity contribution in [2.24, 2.45) is 5.73 Å². The van der Waals surface area contributed by atoms with E-state index in [0.29, 0.717) is 30.1 Å². The van der Waals surface area contributed by atoms with Gasteiger partial charge in [-0.1, -0.05) is 24.4 Å². The highest BCUT2D eigenvalue weighted by Crippen LogP contribution is 2.27. The van der Waals surface area contributed by atoms with Crippen LogP contribution in [0.1, 0.15) is 38.5 Å². The molecule has 120 valence electrons. The van der Waals surface area contributed by atoms with Gasteiger partial charge in [0.25, 0.3) is 0 Å². The van der Waals surface area contributed by atoms with Crippen molar-refractivity contribution in [1.82, 2.24) is 5.32 Å². The van der Waals surface area contributed by atoms with Crippen LogP contribution in [0.25, 0.3) is 0 Å². The van der Waals surface area contributed by atoms with Crippen LogP contribution < -0.4 is 16.4 Å². The standard InChI is InChI=1S/C16H22ClN3O2/c17-12-5-7-13(8-6-12)20-14(21)4-3-11-19-15(22)16(18)9-1-2-10-16/h5-8H,1-4,9-11,18H2,(H,19,22)(H,20,21). The lowest BCUT2D eigenvalue weighted by Gasteiger charge is -2.22. The Labute approximate surface area is 135 Å². The van der Waals surface area contributed by atoms with Crippen LogP contribution in [0.5, 0.6) is 0 Å². The number of hydrogen-bond donors (Lipinski definition) is 3. The minimum absolute atomic E-state index is 0.0834. The zero-order chi connectivity index (χ0) is 16.0. The zero-order valence-electron chi connectivity index (χ0n) is 12.5. The number of nitrogens with one attached hydrogen (secondary N) is 2. The van der Waals surface area contributed by atoms with Gasteiger partial charge in [0.2, 0.25) is 11.8 Å². The molecule has 0 radical (unpaired) electrons. The average molecular weight is 324 g/mol. The lowest BCUT2D eigenvalue weighted by Crippen LogP contribution is -2.52. The van der Waals surface area contributed by atoms with Gasteiger partial charge in [0.15, 0.2) is 0 Å². The fraction of sp³-hybridized carbons (Fsp3) is 0.500. The van der Waals surface area contributed by atoms with Crippen LogP contribution in [0.3, 0.4) is 0 Å². The first-order chi connectivity index (χ1) is 10.5. The number of halogens is 1. The van der Waals surface area contributed by atoms with Gasteiger partial charge in [-0.3, -0.25) is 9.59 Å². The van der Waals surface area contributed by atoms with E-state index in [1.54, 1.807) is 24.3 Å². The number of rotatable bonds is 6. The summed E-state index contributed by atoms with van der Waals surface area (Å²) >= 11 is 5.78. The quantitative estimate of drug-likeness (QED) is 0.703. The van der Waals surface area contributed by atoms with E-state index in [2.05, 4.69) is 10.6 Å². The van der Waals surface area contributed by atoms with Gasteiger partial charge >= 0.3 is 0 Å². The lowest BCUT2D eigenvalue weighted by molar-refractivity contribution is -0.126. The van der Waals surface area contributed by atoms with Crippen LogP contribution in [0.15, 0.2) is 24.3 Å². The summed E-state index contributed by atoms with van der Waals surface area (Å²) in [7, 11) is 0. The summed E-state index contributed by atoms with van der Waals surface area (Å²) in [5.41, 5.74) is 6.07. The van der Waals surface area contributed by atoms with E-state index >= 15 is 0 Å². The third-order valence-electron chi connectivity index (χ3n) is 3.94. The second kappa shape index (κ2) is 7.61. The predicted octanol–water partition coefficient (Wildman–Crippen LogP) is 2.45. The summed E-state index contributed by atoms with van der Waals surface area (Å²) < 4.78 is 0. The molecular formula is C16H22ClN3O2. The molecule has 22 heavy (non-hydrogen) atoms. The Hall–Kier alpha value is -1.59. The molecule has 0 aliphatic heterocycles. The average Bonchev–Trinajstić information content (AvgIpc) is 2.94. The van der Waals surface area contributed by atoms with Crippen molar-refractivity contribution in [2.45, 2.75) is 44.1 Å². The van der Waals surface area contributed by atoms with Crippen molar-refractivity contribution in [3.8, 4) is 0 Å². The minimum Gasteiger partial charge on any atom is -0.354 e. The summed E-state index contributed by atoms with van der Waals surface area (Å²) in [6.45, 7) is 0.464. The Morgan fingerprint density at radius 1 is 1.18 bits per heavy atom. The summed E-state index contributed by atoms with van der Waals surface area (Å²) in [6, 6.07) is 6.94. The molecule has 0 unspecified atom stereocenters. The molecule has 0 saturated heterocycles. The molecule has 6 heteroatoms. The number of nitrogens with two attached hydrogens (primary N) is 1. The largest absolute Gasteiger partial charge is 0.354 e. The third-order valence-corrected chi connectivity index (χ3v) is 4.19. The fourth-order valence-electron chi connectivity index (χ4n) is 2.62. The van der Waals surface area contributed by atoms with E-state index in [0.717, 1.165) is 25.7 Å². The van der Waals surface area contributed by atoms with Gasteiger partial charge < -0.3 is 16.4 Å². The van der Waals surface area contributed by atoms with Crippen molar-refractivity contribution < 1.29 is 9.59 Å². The van der Waals surface area contributed by atoms with Crippen LogP contribution in [-0.2, 0) is 9.59 Å². The minimum atomic E-state index is -0.703. The first-order valence-corrected chi connectivity index (χ1v) is 8.00. The predicted molar refractivity (Wildman–Crippen MR) is 87.7 cm³/mol. The first-order valence-electron chi connectivity index (χ1n) is 7.62. The molecule has 1 aromatic carbocycles. The zero-order valence-corrected chi connectivity index (χ0v) is 13.3. The van der Waals surface area contributed by atoms with Crippen molar-refractivity contribution in [1.29, 1.82) is 0 Å². The normalized spacial score (nSPS) is 16.3. The van der Waals surface area contributed by atoms with Crippen LogP contribution >= 0.6 is 11.6 Å². The Morgan fingerprint density at radius 3 is 2.45 bits per heavy atom. The Kier molecular flexibility index (Phi) is 5.80. The van der Waals surface area contributed by atoms with Gasteiger partial charge in [-0.25, -0.2) is 0 Å². The van der Waals surface area contributed by atoms with Crippen molar-refractivity contribution >= 4 is 29.1 Å². The molecule has 0 heterocycles. The van der Waals surface area contributed by atoms with Gasteiger partial charge in [0, 0.05) is 23.7 Å². The summed E-state index contributed by atoms with van der Waals surface area (Å²) in [5, 5.41) is 6.24. The maximum Gasteiger partial charge on any atom is 0.240 e. The molecule has 2 amide bonds. The number of hydrogen-bond acceptors (Lipinski definition) is 3. The highest BCUT2D eigenvalue weighted by molar-refractivity contribution is 6.30. The van der Waals surface area contributed by atoms with Gasteiger partial charge in [0.1, 0.15) is 0 Å². The number of anilines is 1. The van der Waals surface area contributed by atoms with Crippen molar-refractivity contribution in [3.63, 3.8) is 0 Å². The second-order valence-electron chi connectivity index (χ2n) is 5.78. The molecule has 0 bridgehead atoms. The smallest absolute Gasteiger partial charge is 0.240 e. The highest BCUT2D eigenvalue weighted by atomic mass is 35.5. The number of carbonyl (C=O) groups excluding carboxylic acids is 2. The van der Waals surface area contributed by atoms with E-state index in [1.165, 1.54) is 0 Å². The van der Waals surface area contributed by atoms with E-state index in [4.69, 9.17) is 17.3 Å².